The molecule has 0 aliphatic rings. The molecule has 1 aromatic rings. The van der Waals surface area contributed by atoms with Crippen molar-refractivity contribution in [2.24, 2.45) is 5.92 Å². The highest BCUT2D eigenvalue weighted by molar-refractivity contribution is 5.75. The molecule has 0 aliphatic carbocycles. The molecule has 0 fully saturated rings. The van der Waals surface area contributed by atoms with E-state index in [1.54, 1.807) is 30.2 Å². The van der Waals surface area contributed by atoms with Crippen LogP contribution in [0.4, 0.5) is 0 Å². The molecule has 0 aromatic carbocycles. The summed E-state index contributed by atoms with van der Waals surface area (Å²) in [5, 5.41) is 12.9. The van der Waals surface area contributed by atoms with Gasteiger partial charge in [0.15, 0.2) is 0 Å². The van der Waals surface area contributed by atoms with Gasteiger partial charge in [0.25, 0.3) is 0 Å². The average molecular weight is 239 g/mol. The second kappa shape index (κ2) is 5.82. The summed E-state index contributed by atoms with van der Waals surface area (Å²) in [5.74, 6) is 0.0302. The minimum atomic E-state index is -0.862. The molecule has 5 heteroatoms. The lowest BCUT2D eigenvalue weighted by Gasteiger charge is -2.29. The highest BCUT2D eigenvalue weighted by atomic mass is 16.3. The monoisotopic (exact) mass is 239 g/mol. The Balaban J connectivity index is 2.37. The fourth-order valence-corrected chi connectivity index (χ4v) is 1.49. The summed E-state index contributed by atoms with van der Waals surface area (Å²) in [6.07, 6.45) is 5.83. The van der Waals surface area contributed by atoms with E-state index in [2.05, 4.69) is 10.3 Å². The molecule has 2 N–H and O–H groups in total. The molecule has 2 unspecified atom stereocenters. The number of rotatable bonds is 6. The average Bonchev–Trinajstić information content (AvgIpc) is 2.78. The van der Waals surface area contributed by atoms with Gasteiger partial charge in [-0.3, -0.25) is 4.79 Å². The molecule has 2 atom stereocenters. The standard InChI is InChI=1S/C12H21N3O2/c1-4-10(2)12(3,17)8-14-11(16)7-15-6-5-13-9-15/h5-6,9-10,17H,4,7-8H2,1-3H3,(H,14,16). The molecular weight excluding hydrogens is 218 g/mol. The van der Waals surface area contributed by atoms with Crippen LogP contribution in [-0.2, 0) is 11.3 Å². The molecule has 0 spiro atoms. The van der Waals surface area contributed by atoms with Crippen LogP contribution in [0, 0.1) is 5.92 Å². The number of nitrogens with zero attached hydrogens (tertiary/aromatic N) is 2. The van der Waals surface area contributed by atoms with Gasteiger partial charge in [-0.1, -0.05) is 20.3 Å². The third-order valence-electron chi connectivity index (χ3n) is 3.20. The van der Waals surface area contributed by atoms with Gasteiger partial charge >= 0.3 is 0 Å². The van der Waals surface area contributed by atoms with Crippen molar-refractivity contribution in [3.05, 3.63) is 18.7 Å². The topological polar surface area (TPSA) is 67.2 Å². The van der Waals surface area contributed by atoms with Crippen LogP contribution in [0.5, 0.6) is 0 Å². The van der Waals surface area contributed by atoms with Crippen molar-refractivity contribution in [2.75, 3.05) is 6.54 Å². The number of carbonyl (C=O) groups is 1. The van der Waals surface area contributed by atoms with Crippen molar-refractivity contribution in [3.63, 3.8) is 0 Å². The fourth-order valence-electron chi connectivity index (χ4n) is 1.49. The van der Waals surface area contributed by atoms with E-state index in [0.717, 1.165) is 6.42 Å². The molecule has 5 nitrogen and oxygen atoms in total. The first-order valence-corrected chi connectivity index (χ1v) is 5.90. The van der Waals surface area contributed by atoms with E-state index < -0.39 is 5.60 Å². The highest BCUT2D eigenvalue weighted by Gasteiger charge is 2.27. The first-order chi connectivity index (χ1) is 7.95. The summed E-state index contributed by atoms with van der Waals surface area (Å²) in [6.45, 7) is 6.25. The van der Waals surface area contributed by atoms with Crippen LogP contribution in [0.1, 0.15) is 27.2 Å². The van der Waals surface area contributed by atoms with Gasteiger partial charge in [-0.05, 0) is 12.8 Å². The second-order valence-electron chi connectivity index (χ2n) is 4.68. The van der Waals surface area contributed by atoms with Crippen molar-refractivity contribution in [2.45, 2.75) is 39.3 Å². The lowest BCUT2D eigenvalue weighted by molar-refractivity contribution is -0.123. The second-order valence-corrected chi connectivity index (χ2v) is 4.68. The van der Waals surface area contributed by atoms with Crippen molar-refractivity contribution >= 4 is 5.91 Å². The van der Waals surface area contributed by atoms with Crippen molar-refractivity contribution in [3.8, 4) is 0 Å². The zero-order valence-corrected chi connectivity index (χ0v) is 10.7. The SMILES string of the molecule is CCC(C)C(C)(O)CNC(=O)Cn1ccnc1. The van der Waals surface area contributed by atoms with Crippen LogP contribution in [0.25, 0.3) is 0 Å². The van der Waals surface area contributed by atoms with Crippen LogP contribution >= 0.6 is 0 Å². The molecule has 1 heterocycles. The van der Waals surface area contributed by atoms with Crippen LogP contribution in [0.3, 0.4) is 0 Å². The number of nitrogens with one attached hydrogen (secondary N) is 1. The number of amides is 1. The number of hydrogen-bond acceptors (Lipinski definition) is 3. The number of imidazole rings is 1. The smallest absolute Gasteiger partial charge is 0.240 e. The molecule has 0 radical (unpaired) electrons. The molecule has 96 valence electrons. The highest BCUT2D eigenvalue weighted by Crippen LogP contribution is 2.18. The van der Waals surface area contributed by atoms with Gasteiger partial charge in [0.05, 0.1) is 11.9 Å². The Morgan fingerprint density at radius 2 is 2.35 bits per heavy atom. The van der Waals surface area contributed by atoms with Gasteiger partial charge in [-0.15, -0.1) is 0 Å². The Kier molecular flexibility index (Phi) is 4.69. The third kappa shape index (κ3) is 4.19. The molecule has 1 amide bonds. The van der Waals surface area contributed by atoms with E-state index in [-0.39, 0.29) is 24.9 Å². The van der Waals surface area contributed by atoms with Crippen LogP contribution in [0.2, 0.25) is 0 Å². The minimum absolute atomic E-state index is 0.119. The summed E-state index contributed by atoms with van der Waals surface area (Å²) in [7, 11) is 0. The number of hydrogen-bond donors (Lipinski definition) is 2. The lowest BCUT2D eigenvalue weighted by atomic mass is 9.89. The van der Waals surface area contributed by atoms with E-state index in [1.165, 1.54) is 0 Å². The summed E-state index contributed by atoms with van der Waals surface area (Å²) in [6, 6.07) is 0. The van der Waals surface area contributed by atoms with E-state index >= 15 is 0 Å². The predicted octanol–water partition coefficient (Wildman–Crippen LogP) is 0.796. The summed E-state index contributed by atoms with van der Waals surface area (Å²) in [5.41, 5.74) is -0.862. The summed E-state index contributed by atoms with van der Waals surface area (Å²) >= 11 is 0. The zero-order chi connectivity index (χ0) is 12.9. The molecule has 17 heavy (non-hydrogen) atoms. The van der Waals surface area contributed by atoms with Gasteiger partial charge in [0.1, 0.15) is 6.54 Å². The lowest BCUT2D eigenvalue weighted by Crippen LogP contribution is -2.45. The summed E-state index contributed by atoms with van der Waals surface area (Å²) in [4.78, 5) is 15.5. The van der Waals surface area contributed by atoms with Crippen LogP contribution in [-0.4, -0.2) is 32.7 Å². The van der Waals surface area contributed by atoms with E-state index in [9.17, 15) is 9.90 Å². The Bertz CT molecular complexity index is 347. The zero-order valence-electron chi connectivity index (χ0n) is 10.7. The van der Waals surface area contributed by atoms with Gasteiger partial charge in [0, 0.05) is 18.9 Å². The molecule has 0 bridgehead atoms. The van der Waals surface area contributed by atoms with Crippen molar-refractivity contribution in [1.29, 1.82) is 0 Å². The number of carbonyl (C=O) groups excluding carboxylic acids is 1. The van der Waals surface area contributed by atoms with E-state index in [0.29, 0.717) is 0 Å². The van der Waals surface area contributed by atoms with Crippen molar-refractivity contribution in [1.82, 2.24) is 14.9 Å². The van der Waals surface area contributed by atoms with Crippen LogP contribution < -0.4 is 5.32 Å². The molecule has 0 saturated heterocycles. The maximum absolute atomic E-state index is 11.6. The molecular formula is C12H21N3O2. The quantitative estimate of drug-likeness (QED) is 0.771. The first-order valence-electron chi connectivity index (χ1n) is 5.90. The first kappa shape index (κ1) is 13.7. The number of aliphatic hydroxyl groups is 1. The van der Waals surface area contributed by atoms with Crippen LogP contribution in [0.15, 0.2) is 18.7 Å². The third-order valence-corrected chi connectivity index (χ3v) is 3.20. The maximum Gasteiger partial charge on any atom is 0.240 e. The number of aromatic nitrogens is 2. The Hall–Kier alpha value is -1.36. The fraction of sp³-hybridized carbons (Fsp3) is 0.667. The summed E-state index contributed by atoms with van der Waals surface area (Å²) < 4.78 is 1.69. The molecule has 1 aromatic heterocycles. The predicted molar refractivity (Wildman–Crippen MR) is 65.3 cm³/mol. The van der Waals surface area contributed by atoms with Gasteiger partial charge in [-0.2, -0.15) is 0 Å². The minimum Gasteiger partial charge on any atom is -0.388 e. The normalized spacial score (nSPS) is 16.2. The molecule has 0 aliphatic heterocycles. The molecule has 0 saturated carbocycles. The molecule has 1 rings (SSSR count). The van der Waals surface area contributed by atoms with Gasteiger partial charge in [0.2, 0.25) is 5.91 Å². The van der Waals surface area contributed by atoms with E-state index in [1.807, 2.05) is 13.8 Å². The largest absolute Gasteiger partial charge is 0.388 e. The van der Waals surface area contributed by atoms with E-state index in [4.69, 9.17) is 0 Å². The van der Waals surface area contributed by atoms with Crippen molar-refractivity contribution < 1.29 is 9.90 Å². The Labute approximate surface area is 102 Å². The van der Waals surface area contributed by atoms with Gasteiger partial charge < -0.3 is 15.0 Å². The van der Waals surface area contributed by atoms with Gasteiger partial charge in [-0.25, -0.2) is 4.98 Å². The maximum atomic E-state index is 11.6. The Morgan fingerprint density at radius 1 is 1.65 bits per heavy atom. The Morgan fingerprint density at radius 3 is 2.88 bits per heavy atom.